The first-order valence-corrected chi connectivity index (χ1v) is 7.06. The van der Waals surface area contributed by atoms with E-state index in [1.165, 1.54) is 17.0 Å². The molecule has 0 aliphatic carbocycles. The molecule has 0 aliphatic heterocycles. The lowest BCUT2D eigenvalue weighted by molar-refractivity contribution is 0.0978. The summed E-state index contributed by atoms with van der Waals surface area (Å²) in [6.45, 7) is 0.359. The highest BCUT2D eigenvalue weighted by Crippen LogP contribution is 2.16. The topological polar surface area (TPSA) is 79.0 Å². The van der Waals surface area contributed by atoms with Crippen LogP contribution in [-0.2, 0) is 6.54 Å². The molecule has 0 atom stereocenters. The Morgan fingerprint density at radius 1 is 1.00 bits per heavy atom. The molecule has 0 saturated carbocycles. The number of anilines is 1. The standard InChI is InChI=1S/C17H14N4O2/c22-16-10-9-14(19-20-16)17(23)21(15-8-4-5-11-18-15)12-13-6-2-1-3-7-13/h1-11H,12H2,(H,20,22). The molecule has 6 nitrogen and oxygen atoms in total. The molecule has 0 unspecified atom stereocenters. The number of rotatable bonds is 4. The van der Waals surface area contributed by atoms with Gasteiger partial charge < -0.3 is 0 Å². The van der Waals surface area contributed by atoms with Crippen LogP contribution >= 0.6 is 0 Å². The number of hydrogen-bond acceptors (Lipinski definition) is 4. The van der Waals surface area contributed by atoms with Gasteiger partial charge in [-0.1, -0.05) is 36.4 Å². The highest BCUT2D eigenvalue weighted by atomic mass is 16.2. The quantitative estimate of drug-likeness (QED) is 0.799. The van der Waals surface area contributed by atoms with Crippen LogP contribution in [0.5, 0.6) is 0 Å². The SMILES string of the molecule is O=C(c1ccc(=O)[nH]n1)N(Cc1ccccc1)c1ccccn1. The molecule has 3 rings (SSSR count). The van der Waals surface area contributed by atoms with Crippen LogP contribution in [-0.4, -0.2) is 21.1 Å². The molecule has 3 aromatic rings. The number of H-pyrrole nitrogens is 1. The molecule has 0 radical (unpaired) electrons. The number of pyridine rings is 1. The molecule has 2 aromatic heterocycles. The van der Waals surface area contributed by atoms with Crippen LogP contribution in [0.2, 0.25) is 0 Å². The van der Waals surface area contributed by atoms with Crippen LogP contribution in [0.25, 0.3) is 0 Å². The minimum Gasteiger partial charge on any atom is -0.287 e. The number of nitrogens with one attached hydrogen (secondary N) is 1. The van der Waals surface area contributed by atoms with E-state index in [4.69, 9.17) is 0 Å². The third-order valence-corrected chi connectivity index (χ3v) is 3.25. The predicted octanol–water partition coefficient (Wildman–Crippen LogP) is 2.01. The van der Waals surface area contributed by atoms with Crippen molar-refractivity contribution >= 4 is 11.7 Å². The van der Waals surface area contributed by atoms with Crippen LogP contribution in [0.15, 0.2) is 71.7 Å². The van der Waals surface area contributed by atoms with Gasteiger partial charge in [0, 0.05) is 12.3 Å². The van der Waals surface area contributed by atoms with Crippen molar-refractivity contribution in [3.8, 4) is 0 Å². The van der Waals surface area contributed by atoms with Crippen molar-refractivity contribution in [2.45, 2.75) is 6.54 Å². The van der Waals surface area contributed by atoms with E-state index in [1.54, 1.807) is 18.3 Å². The molecule has 0 aliphatic rings. The summed E-state index contributed by atoms with van der Waals surface area (Å²) in [6, 6.07) is 17.6. The van der Waals surface area contributed by atoms with Crippen molar-refractivity contribution in [1.82, 2.24) is 15.2 Å². The third kappa shape index (κ3) is 3.49. The van der Waals surface area contributed by atoms with Gasteiger partial charge in [-0.05, 0) is 23.8 Å². The second-order valence-corrected chi connectivity index (χ2v) is 4.87. The van der Waals surface area contributed by atoms with Crippen molar-refractivity contribution in [3.63, 3.8) is 0 Å². The molecule has 2 heterocycles. The molecule has 0 fully saturated rings. The summed E-state index contributed by atoms with van der Waals surface area (Å²) in [6.07, 6.45) is 1.63. The smallest absolute Gasteiger partial charge is 0.280 e. The van der Waals surface area contributed by atoms with E-state index in [2.05, 4.69) is 15.2 Å². The fourth-order valence-corrected chi connectivity index (χ4v) is 2.14. The maximum absolute atomic E-state index is 12.8. The van der Waals surface area contributed by atoms with Gasteiger partial charge in [0.15, 0.2) is 0 Å². The predicted molar refractivity (Wildman–Crippen MR) is 86.1 cm³/mol. The first-order valence-electron chi connectivity index (χ1n) is 7.06. The molecule has 0 saturated heterocycles. The summed E-state index contributed by atoms with van der Waals surface area (Å²) >= 11 is 0. The summed E-state index contributed by atoms with van der Waals surface area (Å²) in [5, 5.41) is 6.09. The molecule has 0 spiro atoms. The van der Waals surface area contributed by atoms with Gasteiger partial charge in [-0.2, -0.15) is 5.10 Å². The first kappa shape index (κ1) is 14.6. The van der Waals surface area contributed by atoms with Gasteiger partial charge in [-0.15, -0.1) is 0 Å². The number of benzene rings is 1. The fraction of sp³-hybridized carbons (Fsp3) is 0.0588. The van der Waals surface area contributed by atoms with E-state index in [9.17, 15) is 9.59 Å². The lowest BCUT2D eigenvalue weighted by Crippen LogP contribution is -2.32. The molecule has 114 valence electrons. The maximum Gasteiger partial charge on any atom is 0.280 e. The van der Waals surface area contributed by atoms with Crippen LogP contribution in [0.3, 0.4) is 0 Å². The number of hydrogen-bond donors (Lipinski definition) is 1. The van der Waals surface area contributed by atoms with Crippen LogP contribution in [0.1, 0.15) is 16.1 Å². The van der Waals surface area contributed by atoms with E-state index in [-0.39, 0.29) is 17.2 Å². The van der Waals surface area contributed by atoms with Crippen LogP contribution < -0.4 is 10.5 Å². The van der Waals surface area contributed by atoms with Crippen LogP contribution in [0.4, 0.5) is 5.82 Å². The van der Waals surface area contributed by atoms with Crippen molar-refractivity contribution in [2.24, 2.45) is 0 Å². The van der Waals surface area contributed by atoms with Crippen molar-refractivity contribution in [1.29, 1.82) is 0 Å². The minimum absolute atomic E-state index is 0.159. The van der Waals surface area contributed by atoms with Gasteiger partial charge in [-0.3, -0.25) is 14.5 Å². The molecular formula is C17H14N4O2. The Balaban J connectivity index is 1.96. The average molecular weight is 306 g/mol. The minimum atomic E-state index is -0.353. The van der Waals surface area contributed by atoms with E-state index in [0.717, 1.165) is 5.56 Å². The first-order chi connectivity index (χ1) is 11.2. The van der Waals surface area contributed by atoms with E-state index >= 15 is 0 Å². The Kier molecular flexibility index (Phi) is 4.24. The molecule has 1 aromatic carbocycles. The monoisotopic (exact) mass is 306 g/mol. The Hall–Kier alpha value is -3.28. The largest absolute Gasteiger partial charge is 0.287 e. The van der Waals surface area contributed by atoms with E-state index in [1.807, 2.05) is 36.4 Å². The molecule has 1 N–H and O–H groups in total. The molecule has 23 heavy (non-hydrogen) atoms. The fourth-order valence-electron chi connectivity index (χ4n) is 2.14. The van der Waals surface area contributed by atoms with Gasteiger partial charge in [-0.25, -0.2) is 10.1 Å². The number of nitrogens with zero attached hydrogens (tertiary/aromatic N) is 3. The van der Waals surface area contributed by atoms with Crippen LogP contribution in [0, 0.1) is 0 Å². The maximum atomic E-state index is 12.8. The lowest BCUT2D eigenvalue weighted by Gasteiger charge is -2.21. The lowest BCUT2D eigenvalue weighted by atomic mass is 10.2. The number of carbonyl (C=O) groups is 1. The number of aromatic nitrogens is 3. The number of aromatic amines is 1. The van der Waals surface area contributed by atoms with E-state index < -0.39 is 0 Å². The molecule has 0 bridgehead atoms. The van der Waals surface area contributed by atoms with Gasteiger partial charge in [0.05, 0.1) is 6.54 Å². The van der Waals surface area contributed by atoms with Crippen molar-refractivity contribution in [3.05, 3.63) is 88.5 Å². The Labute approximate surface area is 132 Å². The van der Waals surface area contributed by atoms with Crippen molar-refractivity contribution < 1.29 is 4.79 Å². The Bertz CT molecular complexity index is 827. The summed E-state index contributed by atoms with van der Waals surface area (Å²) in [5.74, 6) is 0.193. The summed E-state index contributed by atoms with van der Waals surface area (Å²) < 4.78 is 0. The highest BCUT2D eigenvalue weighted by Gasteiger charge is 2.20. The second-order valence-electron chi connectivity index (χ2n) is 4.87. The zero-order chi connectivity index (χ0) is 16.1. The normalized spacial score (nSPS) is 10.3. The van der Waals surface area contributed by atoms with Gasteiger partial charge >= 0.3 is 0 Å². The van der Waals surface area contributed by atoms with Gasteiger partial charge in [0.2, 0.25) is 0 Å². The van der Waals surface area contributed by atoms with E-state index in [0.29, 0.717) is 12.4 Å². The molecular weight excluding hydrogens is 292 g/mol. The number of carbonyl (C=O) groups excluding carboxylic acids is 1. The second kappa shape index (κ2) is 6.65. The van der Waals surface area contributed by atoms with Gasteiger partial charge in [0.25, 0.3) is 11.5 Å². The third-order valence-electron chi connectivity index (χ3n) is 3.25. The highest BCUT2D eigenvalue weighted by molar-refractivity contribution is 6.03. The number of amides is 1. The van der Waals surface area contributed by atoms with Gasteiger partial charge in [0.1, 0.15) is 11.5 Å². The van der Waals surface area contributed by atoms with Crippen molar-refractivity contribution in [2.75, 3.05) is 4.90 Å². The average Bonchev–Trinajstić information content (AvgIpc) is 2.61. The molecule has 1 amide bonds. The summed E-state index contributed by atoms with van der Waals surface area (Å²) in [7, 11) is 0. The molecule has 6 heteroatoms. The zero-order valence-corrected chi connectivity index (χ0v) is 12.2. The Morgan fingerprint density at radius 3 is 2.43 bits per heavy atom. The summed E-state index contributed by atoms with van der Waals surface area (Å²) in [4.78, 5) is 29.7. The zero-order valence-electron chi connectivity index (χ0n) is 12.2. The summed E-state index contributed by atoms with van der Waals surface area (Å²) in [5.41, 5.74) is 0.774. The Morgan fingerprint density at radius 2 is 1.78 bits per heavy atom.